The van der Waals surface area contributed by atoms with Crippen LogP contribution in [-0.2, 0) is 16.0 Å². The van der Waals surface area contributed by atoms with E-state index < -0.39 is 23.5 Å². The van der Waals surface area contributed by atoms with Gasteiger partial charge in [0.2, 0.25) is 5.91 Å². The molecule has 7 heteroatoms. The van der Waals surface area contributed by atoms with Gasteiger partial charge in [-0.25, -0.2) is 9.59 Å². The van der Waals surface area contributed by atoms with E-state index in [4.69, 9.17) is 9.52 Å². The molecule has 2 rings (SSSR count). The highest BCUT2D eigenvalue weighted by atomic mass is 16.4. The fraction of sp³-hybridized carbons (Fsp3) is 0.389. The fourth-order valence-corrected chi connectivity index (χ4v) is 2.73. The highest BCUT2D eigenvalue weighted by Crippen LogP contribution is 2.28. The molecular weight excluding hydrogens is 326 g/mol. The van der Waals surface area contributed by atoms with Gasteiger partial charge in [0.1, 0.15) is 17.4 Å². The molecule has 0 aliphatic rings. The average Bonchev–Trinajstić information content (AvgIpc) is 2.55. The summed E-state index contributed by atoms with van der Waals surface area (Å²) < 4.78 is 5.27. The molecule has 0 bridgehead atoms. The molecule has 1 aromatic heterocycles. The number of carboxylic acid groups (broad SMARTS) is 1. The molecule has 0 aliphatic carbocycles. The van der Waals surface area contributed by atoms with Crippen molar-refractivity contribution in [1.29, 1.82) is 0 Å². The lowest BCUT2D eigenvalue weighted by atomic mass is 10.0. The molecule has 0 spiro atoms. The number of carbonyl (C=O) groups is 2. The quantitative estimate of drug-likeness (QED) is 0.688. The largest absolute Gasteiger partial charge is 0.508 e. The summed E-state index contributed by atoms with van der Waals surface area (Å²) in [4.78, 5) is 35.6. The van der Waals surface area contributed by atoms with Gasteiger partial charge in [-0.15, -0.1) is 0 Å². The Hall–Kier alpha value is -2.83. The Morgan fingerprint density at radius 1 is 1.24 bits per heavy atom. The predicted octanol–water partition coefficient (Wildman–Crippen LogP) is 2.03. The van der Waals surface area contributed by atoms with Gasteiger partial charge in [0.05, 0.1) is 12.0 Å². The van der Waals surface area contributed by atoms with Crippen LogP contribution in [0, 0.1) is 13.8 Å². The summed E-state index contributed by atoms with van der Waals surface area (Å²) in [6, 6.07) is 2.13. The summed E-state index contributed by atoms with van der Waals surface area (Å²) in [5.41, 5.74) is 0.808. The number of benzene rings is 1. The minimum absolute atomic E-state index is 0.0180. The SMILES string of the molecule is CCC[C@@H](NC(=O)Cc1c(C)c2ccc(O)c(C)c2oc1=O)C(=O)O. The Bertz CT molecular complexity index is 883. The number of aryl methyl sites for hydroxylation is 2. The molecule has 1 heterocycles. The number of phenols is 1. The number of rotatable bonds is 6. The molecule has 1 aromatic carbocycles. The smallest absolute Gasteiger partial charge is 0.340 e. The molecule has 134 valence electrons. The van der Waals surface area contributed by atoms with Gasteiger partial charge in [0, 0.05) is 10.9 Å². The summed E-state index contributed by atoms with van der Waals surface area (Å²) in [5, 5.41) is 21.9. The van der Waals surface area contributed by atoms with Crippen molar-refractivity contribution in [3.63, 3.8) is 0 Å². The lowest BCUT2D eigenvalue weighted by Crippen LogP contribution is -2.41. The summed E-state index contributed by atoms with van der Waals surface area (Å²) in [7, 11) is 0. The zero-order valence-electron chi connectivity index (χ0n) is 14.4. The lowest BCUT2D eigenvalue weighted by molar-refractivity contribution is -0.141. The van der Waals surface area contributed by atoms with Gasteiger partial charge in [-0.1, -0.05) is 13.3 Å². The van der Waals surface area contributed by atoms with Gasteiger partial charge in [-0.3, -0.25) is 4.79 Å². The van der Waals surface area contributed by atoms with E-state index in [1.165, 1.54) is 6.07 Å². The van der Waals surface area contributed by atoms with Crippen LogP contribution in [0.1, 0.15) is 36.5 Å². The minimum atomic E-state index is -1.11. The van der Waals surface area contributed by atoms with Crippen LogP contribution >= 0.6 is 0 Å². The summed E-state index contributed by atoms with van der Waals surface area (Å²) >= 11 is 0. The van der Waals surface area contributed by atoms with Crippen LogP contribution < -0.4 is 10.9 Å². The number of aromatic hydroxyl groups is 1. The van der Waals surface area contributed by atoms with Crippen LogP contribution in [0.15, 0.2) is 21.3 Å². The second kappa shape index (κ2) is 7.38. The molecule has 0 unspecified atom stereocenters. The van der Waals surface area contributed by atoms with E-state index in [1.807, 2.05) is 6.92 Å². The maximum Gasteiger partial charge on any atom is 0.340 e. The van der Waals surface area contributed by atoms with Crippen molar-refractivity contribution in [2.24, 2.45) is 0 Å². The summed E-state index contributed by atoms with van der Waals surface area (Å²) in [6.07, 6.45) is 0.652. The van der Waals surface area contributed by atoms with Crippen LogP contribution in [0.5, 0.6) is 5.75 Å². The zero-order valence-corrected chi connectivity index (χ0v) is 14.4. The van der Waals surface area contributed by atoms with Crippen molar-refractivity contribution < 1.29 is 24.2 Å². The molecule has 1 amide bonds. The molecule has 2 aromatic rings. The van der Waals surface area contributed by atoms with Gasteiger partial charge in [0.15, 0.2) is 0 Å². The normalized spacial score (nSPS) is 12.1. The molecule has 7 nitrogen and oxygen atoms in total. The first-order valence-electron chi connectivity index (χ1n) is 8.03. The first-order chi connectivity index (χ1) is 11.8. The highest BCUT2D eigenvalue weighted by molar-refractivity contribution is 5.88. The Morgan fingerprint density at radius 3 is 2.52 bits per heavy atom. The van der Waals surface area contributed by atoms with Gasteiger partial charge >= 0.3 is 11.6 Å². The fourth-order valence-electron chi connectivity index (χ4n) is 2.73. The number of nitrogens with one attached hydrogen (secondary N) is 1. The van der Waals surface area contributed by atoms with Crippen molar-refractivity contribution in [2.45, 2.75) is 46.1 Å². The molecule has 0 radical (unpaired) electrons. The average molecular weight is 347 g/mol. The van der Waals surface area contributed by atoms with E-state index in [0.29, 0.717) is 29.4 Å². The number of carboxylic acids is 1. The third-order valence-electron chi connectivity index (χ3n) is 4.22. The Balaban J connectivity index is 2.35. The molecular formula is C18H21NO6. The van der Waals surface area contributed by atoms with Gasteiger partial charge < -0.3 is 19.9 Å². The van der Waals surface area contributed by atoms with Crippen LogP contribution in [0.3, 0.4) is 0 Å². The lowest BCUT2D eigenvalue weighted by Gasteiger charge is -2.14. The minimum Gasteiger partial charge on any atom is -0.508 e. The molecule has 0 saturated carbocycles. The summed E-state index contributed by atoms with van der Waals surface area (Å²) in [5.74, 6) is -1.64. The standard InChI is InChI=1S/C18H21NO6/c1-4-5-13(17(22)23)19-15(21)8-12-9(2)11-6-7-14(20)10(3)16(11)25-18(12)24/h6-7,13,20H,4-5,8H2,1-3H3,(H,19,21)(H,22,23)/t13-/m1/s1. The van der Waals surface area contributed by atoms with E-state index in [0.717, 1.165) is 0 Å². The van der Waals surface area contributed by atoms with Crippen molar-refractivity contribution in [3.8, 4) is 5.75 Å². The second-order valence-electron chi connectivity index (χ2n) is 6.00. The predicted molar refractivity (Wildman–Crippen MR) is 91.8 cm³/mol. The first-order valence-corrected chi connectivity index (χ1v) is 8.03. The van der Waals surface area contributed by atoms with Crippen molar-refractivity contribution in [2.75, 3.05) is 0 Å². The number of aliphatic carboxylic acids is 1. The maximum absolute atomic E-state index is 12.3. The van der Waals surface area contributed by atoms with E-state index in [1.54, 1.807) is 19.9 Å². The number of carbonyl (C=O) groups excluding carboxylic acids is 1. The van der Waals surface area contributed by atoms with Crippen LogP contribution in [0.2, 0.25) is 0 Å². The van der Waals surface area contributed by atoms with E-state index >= 15 is 0 Å². The third kappa shape index (κ3) is 3.81. The Morgan fingerprint density at radius 2 is 1.92 bits per heavy atom. The van der Waals surface area contributed by atoms with E-state index in [-0.39, 0.29) is 23.3 Å². The molecule has 0 saturated heterocycles. The van der Waals surface area contributed by atoms with Crippen molar-refractivity contribution in [1.82, 2.24) is 5.32 Å². The Kier molecular flexibility index (Phi) is 5.46. The van der Waals surface area contributed by atoms with Crippen molar-refractivity contribution >= 4 is 22.8 Å². The number of phenolic OH excluding ortho intramolecular Hbond substituents is 1. The molecule has 0 fully saturated rings. The number of hydrogen-bond acceptors (Lipinski definition) is 5. The third-order valence-corrected chi connectivity index (χ3v) is 4.22. The van der Waals surface area contributed by atoms with Crippen LogP contribution in [0.25, 0.3) is 11.0 Å². The van der Waals surface area contributed by atoms with E-state index in [2.05, 4.69) is 5.32 Å². The zero-order chi connectivity index (χ0) is 18.7. The monoisotopic (exact) mass is 347 g/mol. The maximum atomic E-state index is 12.3. The first kappa shape index (κ1) is 18.5. The second-order valence-corrected chi connectivity index (χ2v) is 6.00. The Labute approximate surface area is 144 Å². The summed E-state index contributed by atoms with van der Waals surface area (Å²) in [6.45, 7) is 5.15. The molecule has 25 heavy (non-hydrogen) atoms. The molecule has 0 aliphatic heterocycles. The van der Waals surface area contributed by atoms with Crippen molar-refractivity contribution in [3.05, 3.63) is 39.2 Å². The number of amides is 1. The van der Waals surface area contributed by atoms with Crippen LogP contribution in [-0.4, -0.2) is 28.1 Å². The molecule has 1 atom stereocenters. The molecule has 3 N–H and O–H groups in total. The van der Waals surface area contributed by atoms with Gasteiger partial charge in [-0.05, 0) is 38.0 Å². The van der Waals surface area contributed by atoms with E-state index in [9.17, 15) is 19.5 Å². The number of fused-ring (bicyclic) bond motifs is 1. The highest BCUT2D eigenvalue weighted by Gasteiger charge is 2.21. The topological polar surface area (TPSA) is 117 Å². The van der Waals surface area contributed by atoms with Gasteiger partial charge in [0.25, 0.3) is 0 Å². The number of hydrogen-bond donors (Lipinski definition) is 3. The van der Waals surface area contributed by atoms with Gasteiger partial charge in [-0.2, -0.15) is 0 Å². The van der Waals surface area contributed by atoms with Crippen LogP contribution in [0.4, 0.5) is 0 Å².